The normalized spacial score (nSPS) is 10.0. The molecule has 0 aromatic carbocycles. The Balaban J connectivity index is 2.85. The minimum Gasteiger partial charge on any atom is -0.322 e. The van der Waals surface area contributed by atoms with Crippen molar-refractivity contribution in [2.45, 2.75) is 6.92 Å². The molecule has 2 aromatic rings. The number of hydrogen-bond acceptors (Lipinski definition) is 1. The number of hydrogen-bond donors (Lipinski definition) is 0. The van der Waals surface area contributed by atoms with Gasteiger partial charge in [0.25, 0.3) is 0 Å². The maximum atomic E-state index is 8.67. The van der Waals surface area contributed by atoms with Crippen LogP contribution in [0.3, 0.4) is 0 Å². The Hall–Kier alpha value is -1.75. The van der Waals surface area contributed by atoms with Crippen molar-refractivity contribution >= 4 is 5.52 Å². The molecule has 0 atom stereocenters. The van der Waals surface area contributed by atoms with Crippen molar-refractivity contribution in [3.05, 3.63) is 41.7 Å². The summed E-state index contributed by atoms with van der Waals surface area (Å²) in [7, 11) is 0. The highest BCUT2D eigenvalue weighted by Gasteiger charge is 1.99. The number of nitrogens with zero attached hydrogens (tertiary/aromatic N) is 2. The molecule has 2 heterocycles. The number of fused-ring (bicyclic) bond motifs is 1. The fourth-order valence-corrected chi connectivity index (χ4v) is 1.35. The van der Waals surface area contributed by atoms with Gasteiger partial charge in [0.1, 0.15) is 6.07 Å². The molecule has 2 aromatic heterocycles. The van der Waals surface area contributed by atoms with Crippen LogP contribution in [0.2, 0.25) is 0 Å². The second-order valence-corrected chi connectivity index (χ2v) is 2.82. The van der Waals surface area contributed by atoms with Crippen LogP contribution < -0.4 is 0 Å². The van der Waals surface area contributed by atoms with Crippen LogP contribution in [-0.4, -0.2) is 4.40 Å². The molecule has 0 aliphatic heterocycles. The first kappa shape index (κ1) is 6.93. The van der Waals surface area contributed by atoms with Gasteiger partial charge in [0.2, 0.25) is 0 Å². The van der Waals surface area contributed by atoms with Gasteiger partial charge in [-0.15, -0.1) is 0 Å². The topological polar surface area (TPSA) is 28.2 Å². The molecule has 0 spiro atoms. The minimum absolute atomic E-state index is 0.712. The molecule has 0 saturated carbocycles. The van der Waals surface area contributed by atoms with E-state index in [-0.39, 0.29) is 0 Å². The van der Waals surface area contributed by atoms with Crippen LogP contribution in [0, 0.1) is 18.3 Å². The molecule has 2 rings (SSSR count). The van der Waals surface area contributed by atoms with Crippen LogP contribution >= 0.6 is 0 Å². The Morgan fingerprint density at radius 2 is 2.33 bits per heavy atom. The van der Waals surface area contributed by atoms with E-state index in [1.807, 2.05) is 41.9 Å². The van der Waals surface area contributed by atoms with E-state index in [0.29, 0.717) is 5.56 Å². The van der Waals surface area contributed by atoms with Gasteiger partial charge in [-0.25, -0.2) is 0 Å². The molecule has 0 unspecified atom stereocenters. The Bertz CT molecular complexity index is 460. The average molecular weight is 156 g/mol. The zero-order chi connectivity index (χ0) is 8.55. The SMILES string of the molecule is Cc1cccn2cc(C#N)cc12. The summed E-state index contributed by atoms with van der Waals surface area (Å²) in [6.07, 6.45) is 3.78. The van der Waals surface area contributed by atoms with Gasteiger partial charge in [0.05, 0.1) is 5.56 Å². The van der Waals surface area contributed by atoms with Gasteiger partial charge < -0.3 is 4.40 Å². The number of aromatic nitrogens is 1. The molecule has 0 bridgehead atoms. The first-order valence-electron chi connectivity index (χ1n) is 3.78. The maximum absolute atomic E-state index is 8.67. The summed E-state index contributed by atoms with van der Waals surface area (Å²) >= 11 is 0. The molecular weight excluding hydrogens is 148 g/mol. The van der Waals surface area contributed by atoms with Gasteiger partial charge in [-0.2, -0.15) is 5.26 Å². The summed E-state index contributed by atoms with van der Waals surface area (Å²) in [6.45, 7) is 2.04. The smallest absolute Gasteiger partial charge is 0.101 e. The van der Waals surface area contributed by atoms with Crippen LogP contribution in [0.15, 0.2) is 30.6 Å². The van der Waals surface area contributed by atoms with Crippen molar-refractivity contribution in [1.82, 2.24) is 4.40 Å². The lowest BCUT2D eigenvalue weighted by Crippen LogP contribution is -1.81. The highest BCUT2D eigenvalue weighted by molar-refractivity contribution is 5.58. The Labute approximate surface area is 70.7 Å². The maximum Gasteiger partial charge on any atom is 0.101 e. The lowest BCUT2D eigenvalue weighted by molar-refractivity contribution is 1.18. The molecule has 0 radical (unpaired) electrons. The van der Waals surface area contributed by atoms with Crippen LogP contribution in [0.25, 0.3) is 5.52 Å². The summed E-state index contributed by atoms with van der Waals surface area (Å²) in [6, 6.07) is 8.03. The molecule has 0 saturated heterocycles. The summed E-state index contributed by atoms with van der Waals surface area (Å²) in [5, 5.41) is 8.67. The quantitative estimate of drug-likeness (QED) is 0.574. The highest BCUT2D eigenvalue weighted by atomic mass is 14.9. The average Bonchev–Trinajstić information content (AvgIpc) is 2.49. The highest BCUT2D eigenvalue weighted by Crippen LogP contribution is 2.12. The van der Waals surface area contributed by atoms with E-state index >= 15 is 0 Å². The van der Waals surface area contributed by atoms with Crippen molar-refractivity contribution in [2.75, 3.05) is 0 Å². The molecule has 12 heavy (non-hydrogen) atoms. The predicted molar refractivity (Wildman–Crippen MR) is 46.8 cm³/mol. The van der Waals surface area contributed by atoms with Crippen LogP contribution in [0.5, 0.6) is 0 Å². The van der Waals surface area contributed by atoms with Crippen LogP contribution in [0.4, 0.5) is 0 Å². The zero-order valence-corrected chi connectivity index (χ0v) is 6.78. The first-order chi connectivity index (χ1) is 5.81. The van der Waals surface area contributed by atoms with Gasteiger partial charge in [0.15, 0.2) is 0 Å². The minimum atomic E-state index is 0.712. The summed E-state index contributed by atoms with van der Waals surface area (Å²) in [5.41, 5.74) is 3.01. The molecule has 2 heteroatoms. The number of nitriles is 1. The largest absolute Gasteiger partial charge is 0.322 e. The third kappa shape index (κ3) is 0.876. The van der Waals surface area contributed by atoms with Crippen LogP contribution in [0.1, 0.15) is 11.1 Å². The Kier molecular flexibility index (Phi) is 1.38. The summed E-state index contributed by atoms with van der Waals surface area (Å²) in [4.78, 5) is 0. The predicted octanol–water partition coefficient (Wildman–Crippen LogP) is 2.12. The molecule has 0 amide bonds. The third-order valence-electron chi connectivity index (χ3n) is 1.97. The zero-order valence-electron chi connectivity index (χ0n) is 6.78. The standard InChI is InChI=1S/C10H8N2/c1-8-3-2-4-12-7-9(6-11)5-10(8)12/h2-5,7H,1H3. The van der Waals surface area contributed by atoms with Gasteiger partial charge in [-0.1, -0.05) is 6.07 Å². The van der Waals surface area contributed by atoms with Crippen LogP contribution in [-0.2, 0) is 0 Å². The van der Waals surface area contributed by atoms with E-state index in [0.717, 1.165) is 5.52 Å². The number of aryl methyl sites for hydroxylation is 1. The summed E-state index contributed by atoms with van der Waals surface area (Å²) in [5.74, 6) is 0. The fourth-order valence-electron chi connectivity index (χ4n) is 1.35. The van der Waals surface area contributed by atoms with Crippen molar-refractivity contribution < 1.29 is 0 Å². The van der Waals surface area contributed by atoms with Crippen molar-refractivity contribution in [3.63, 3.8) is 0 Å². The lowest BCUT2D eigenvalue weighted by Gasteiger charge is -1.95. The number of pyridine rings is 1. The number of rotatable bonds is 0. The molecule has 0 aliphatic carbocycles. The first-order valence-corrected chi connectivity index (χ1v) is 3.78. The van der Waals surface area contributed by atoms with E-state index in [2.05, 4.69) is 6.07 Å². The third-order valence-corrected chi connectivity index (χ3v) is 1.97. The molecule has 0 fully saturated rings. The Morgan fingerprint density at radius 3 is 3.00 bits per heavy atom. The second kappa shape index (κ2) is 2.38. The van der Waals surface area contributed by atoms with Gasteiger partial charge in [-0.3, -0.25) is 0 Å². The van der Waals surface area contributed by atoms with E-state index in [4.69, 9.17) is 5.26 Å². The van der Waals surface area contributed by atoms with Crippen molar-refractivity contribution in [3.8, 4) is 6.07 Å². The molecule has 2 nitrogen and oxygen atoms in total. The monoisotopic (exact) mass is 156 g/mol. The van der Waals surface area contributed by atoms with Gasteiger partial charge in [0, 0.05) is 17.9 Å². The van der Waals surface area contributed by atoms with E-state index in [1.165, 1.54) is 5.56 Å². The van der Waals surface area contributed by atoms with Crippen molar-refractivity contribution in [2.24, 2.45) is 0 Å². The second-order valence-electron chi connectivity index (χ2n) is 2.82. The van der Waals surface area contributed by atoms with E-state index < -0.39 is 0 Å². The fraction of sp³-hybridized carbons (Fsp3) is 0.100. The van der Waals surface area contributed by atoms with Gasteiger partial charge >= 0.3 is 0 Å². The molecule has 58 valence electrons. The van der Waals surface area contributed by atoms with E-state index in [1.54, 1.807) is 0 Å². The summed E-state index contributed by atoms with van der Waals surface area (Å²) < 4.78 is 1.97. The van der Waals surface area contributed by atoms with Crippen molar-refractivity contribution in [1.29, 1.82) is 5.26 Å². The molecular formula is C10H8N2. The Morgan fingerprint density at radius 1 is 1.50 bits per heavy atom. The van der Waals surface area contributed by atoms with Gasteiger partial charge in [-0.05, 0) is 24.6 Å². The molecule has 0 aliphatic rings. The van der Waals surface area contributed by atoms with E-state index in [9.17, 15) is 0 Å². The molecule has 0 N–H and O–H groups in total. The lowest BCUT2D eigenvalue weighted by atomic mass is 10.2.